The minimum atomic E-state index is 0.476. The summed E-state index contributed by atoms with van der Waals surface area (Å²) in [5, 5.41) is 3.44. The van der Waals surface area contributed by atoms with Crippen molar-refractivity contribution in [1.82, 2.24) is 10.2 Å². The van der Waals surface area contributed by atoms with Gasteiger partial charge < -0.3 is 10.1 Å². The molecule has 2 aliphatic rings. The van der Waals surface area contributed by atoms with Crippen LogP contribution in [0.5, 0.6) is 0 Å². The van der Waals surface area contributed by atoms with Crippen molar-refractivity contribution in [2.24, 2.45) is 0 Å². The molecule has 16 heavy (non-hydrogen) atoms. The summed E-state index contributed by atoms with van der Waals surface area (Å²) in [5.74, 6) is 0. The van der Waals surface area contributed by atoms with E-state index in [0.29, 0.717) is 6.10 Å². The van der Waals surface area contributed by atoms with E-state index in [2.05, 4.69) is 24.2 Å². The Bertz CT molecular complexity index is 188. The Morgan fingerprint density at radius 1 is 1.38 bits per heavy atom. The van der Waals surface area contributed by atoms with Gasteiger partial charge in [0.2, 0.25) is 0 Å². The molecule has 0 spiro atoms. The quantitative estimate of drug-likeness (QED) is 0.791. The summed E-state index contributed by atoms with van der Waals surface area (Å²) < 4.78 is 5.74. The summed E-state index contributed by atoms with van der Waals surface area (Å²) in [5.41, 5.74) is 0. The molecule has 1 aliphatic heterocycles. The summed E-state index contributed by atoms with van der Waals surface area (Å²) in [4.78, 5) is 2.67. The van der Waals surface area contributed by atoms with E-state index >= 15 is 0 Å². The molecule has 1 N–H and O–H groups in total. The zero-order valence-corrected chi connectivity index (χ0v) is 10.7. The lowest BCUT2D eigenvalue weighted by Gasteiger charge is -2.41. The summed E-state index contributed by atoms with van der Waals surface area (Å²) in [6, 6.07) is 1.53. The van der Waals surface area contributed by atoms with Crippen molar-refractivity contribution in [3.63, 3.8) is 0 Å². The van der Waals surface area contributed by atoms with Gasteiger partial charge in [0, 0.05) is 25.2 Å². The number of hydrogen-bond donors (Lipinski definition) is 1. The Labute approximate surface area is 99.5 Å². The number of rotatable bonds is 3. The highest BCUT2D eigenvalue weighted by molar-refractivity contribution is 4.85. The van der Waals surface area contributed by atoms with E-state index in [1.807, 2.05) is 0 Å². The van der Waals surface area contributed by atoms with Gasteiger partial charge in [-0.15, -0.1) is 0 Å². The monoisotopic (exact) mass is 226 g/mol. The van der Waals surface area contributed by atoms with Crippen molar-refractivity contribution in [3.05, 3.63) is 0 Å². The molecule has 2 fully saturated rings. The van der Waals surface area contributed by atoms with E-state index in [0.717, 1.165) is 38.2 Å². The highest BCUT2D eigenvalue weighted by atomic mass is 16.5. The molecule has 2 rings (SSSR count). The zero-order valence-electron chi connectivity index (χ0n) is 10.7. The van der Waals surface area contributed by atoms with Crippen LogP contribution >= 0.6 is 0 Å². The molecule has 94 valence electrons. The molecule has 1 saturated heterocycles. The maximum absolute atomic E-state index is 5.74. The molecule has 0 aromatic heterocycles. The Morgan fingerprint density at radius 3 is 3.00 bits per heavy atom. The first-order valence-corrected chi connectivity index (χ1v) is 6.86. The van der Waals surface area contributed by atoms with Gasteiger partial charge in [-0.1, -0.05) is 13.3 Å². The van der Waals surface area contributed by atoms with Crippen molar-refractivity contribution in [1.29, 1.82) is 0 Å². The summed E-state index contributed by atoms with van der Waals surface area (Å²) in [7, 11) is 2.10. The third-order valence-corrected chi connectivity index (χ3v) is 4.20. The zero-order chi connectivity index (χ0) is 11.4. The van der Waals surface area contributed by atoms with Crippen LogP contribution in [0.3, 0.4) is 0 Å². The topological polar surface area (TPSA) is 24.5 Å². The van der Waals surface area contributed by atoms with Crippen LogP contribution in [0.15, 0.2) is 0 Å². The molecule has 0 aromatic carbocycles. The van der Waals surface area contributed by atoms with Gasteiger partial charge in [0.1, 0.15) is 0 Å². The fraction of sp³-hybridized carbons (Fsp3) is 1.00. The average molecular weight is 226 g/mol. The van der Waals surface area contributed by atoms with Crippen LogP contribution in [0.1, 0.15) is 39.0 Å². The number of morpholine rings is 1. The van der Waals surface area contributed by atoms with Gasteiger partial charge in [-0.3, -0.25) is 4.90 Å². The van der Waals surface area contributed by atoms with Gasteiger partial charge in [-0.25, -0.2) is 0 Å². The van der Waals surface area contributed by atoms with Crippen LogP contribution in [-0.4, -0.2) is 49.8 Å². The van der Waals surface area contributed by atoms with Gasteiger partial charge in [-0.05, 0) is 32.7 Å². The largest absolute Gasteiger partial charge is 0.376 e. The van der Waals surface area contributed by atoms with E-state index in [1.54, 1.807) is 0 Å². The molecule has 0 radical (unpaired) electrons. The van der Waals surface area contributed by atoms with Crippen LogP contribution in [0.2, 0.25) is 0 Å². The molecule has 3 nitrogen and oxygen atoms in total. The van der Waals surface area contributed by atoms with Crippen LogP contribution in [0.25, 0.3) is 0 Å². The summed E-state index contributed by atoms with van der Waals surface area (Å²) in [6.07, 6.45) is 7.07. The first-order chi connectivity index (χ1) is 7.83. The van der Waals surface area contributed by atoms with E-state index < -0.39 is 0 Å². The lowest BCUT2D eigenvalue weighted by molar-refractivity contribution is -0.0506. The molecule has 3 atom stereocenters. The third-order valence-electron chi connectivity index (χ3n) is 4.20. The Kier molecular flexibility index (Phi) is 4.62. The second-order valence-electron chi connectivity index (χ2n) is 5.20. The summed E-state index contributed by atoms with van der Waals surface area (Å²) >= 11 is 0. The lowest BCUT2D eigenvalue weighted by Crippen LogP contribution is -2.50. The van der Waals surface area contributed by atoms with Crippen LogP contribution in [0.4, 0.5) is 0 Å². The molecule has 0 aromatic rings. The Morgan fingerprint density at radius 2 is 2.25 bits per heavy atom. The molecular formula is C13H26N2O. The van der Waals surface area contributed by atoms with Crippen molar-refractivity contribution >= 4 is 0 Å². The molecule has 1 aliphatic carbocycles. The Balaban J connectivity index is 1.85. The molecular weight excluding hydrogens is 200 g/mol. The van der Waals surface area contributed by atoms with Gasteiger partial charge in [0.05, 0.1) is 12.7 Å². The maximum Gasteiger partial charge on any atom is 0.0700 e. The smallest absolute Gasteiger partial charge is 0.0700 e. The van der Waals surface area contributed by atoms with E-state index in [4.69, 9.17) is 4.74 Å². The van der Waals surface area contributed by atoms with Crippen LogP contribution in [-0.2, 0) is 4.74 Å². The minimum absolute atomic E-state index is 0.476. The van der Waals surface area contributed by atoms with Crippen molar-refractivity contribution in [3.8, 4) is 0 Å². The summed E-state index contributed by atoms with van der Waals surface area (Å²) in [6.45, 7) is 5.44. The maximum atomic E-state index is 5.74. The lowest BCUT2D eigenvalue weighted by atomic mass is 9.89. The number of nitrogens with zero attached hydrogens (tertiary/aromatic N) is 1. The highest BCUT2D eigenvalue weighted by Gasteiger charge is 2.29. The number of hydrogen-bond acceptors (Lipinski definition) is 3. The average Bonchev–Trinajstić information content (AvgIpc) is 2.39. The standard InChI is InChI=1S/C13H26N2O/c1-3-13-10-15(7-8-16-13)12-6-4-5-11(9-12)14-2/h11-14H,3-10H2,1-2H3. The minimum Gasteiger partial charge on any atom is -0.376 e. The first kappa shape index (κ1) is 12.3. The molecule has 0 bridgehead atoms. The fourth-order valence-corrected chi connectivity index (χ4v) is 3.08. The molecule has 0 amide bonds. The van der Waals surface area contributed by atoms with Crippen LogP contribution < -0.4 is 5.32 Å². The van der Waals surface area contributed by atoms with E-state index in [-0.39, 0.29) is 0 Å². The third kappa shape index (κ3) is 2.96. The number of nitrogens with one attached hydrogen (secondary N) is 1. The van der Waals surface area contributed by atoms with Gasteiger partial charge in [0.25, 0.3) is 0 Å². The van der Waals surface area contributed by atoms with Crippen molar-refractivity contribution in [2.75, 3.05) is 26.7 Å². The highest BCUT2D eigenvalue weighted by Crippen LogP contribution is 2.24. The van der Waals surface area contributed by atoms with Gasteiger partial charge in [-0.2, -0.15) is 0 Å². The van der Waals surface area contributed by atoms with E-state index in [9.17, 15) is 0 Å². The SMILES string of the molecule is CCC1CN(C2CCCC(NC)C2)CCO1. The second kappa shape index (κ2) is 5.99. The predicted octanol–water partition coefficient (Wildman–Crippen LogP) is 1.63. The molecule has 1 heterocycles. The Hall–Kier alpha value is -0.120. The predicted molar refractivity (Wildman–Crippen MR) is 66.7 cm³/mol. The van der Waals surface area contributed by atoms with Gasteiger partial charge >= 0.3 is 0 Å². The molecule has 1 saturated carbocycles. The van der Waals surface area contributed by atoms with Crippen molar-refractivity contribution in [2.45, 2.75) is 57.2 Å². The van der Waals surface area contributed by atoms with Crippen molar-refractivity contribution < 1.29 is 4.74 Å². The van der Waals surface area contributed by atoms with Gasteiger partial charge in [0.15, 0.2) is 0 Å². The normalized spacial score (nSPS) is 37.5. The second-order valence-corrected chi connectivity index (χ2v) is 5.20. The van der Waals surface area contributed by atoms with E-state index in [1.165, 1.54) is 25.7 Å². The number of ether oxygens (including phenoxy) is 1. The molecule has 3 unspecified atom stereocenters. The fourth-order valence-electron chi connectivity index (χ4n) is 3.08. The molecule has 3 heteroatoms. The van der Waals surface area contributed by atoms with Crippen LogP contribution in [0, 0.1) is 0 Å². The first-order valence-electron chi connectivity index (χ1n) is 6.86.